The monoisotopic (exact) mass is 319 g/mol. The summed E-state index contributed by atoms with van der Waals surface area (Å²) in [4.78, 5) is 16.7. The van der Waals surface area contributed by atoms with Crippen LogP contribution in [-0.4, -0.2) is 16.1 Å². The second-order valence-electron chi connectivity index (χ2n) is 4.77. The number of rotatable bonds is 4. The molecule has 2 heterocycles. The second-order valence-corrected chi connectivity index (χ2v) is 6.09. The molecule has 0 radical (unpaired) electrons. The minimum absolute atomic E-state index is 0.0241. The van der Waals surface area contributed by atoms with Gasteiger partial charge in [-0.2, -0.15) is 0 Å². The highest BCUT2D eigenvalue weighted by atomic mass is 35.5. The largest absolute Gasteiger partial charge is 0.383 e. The SMILES string of the molecule is Cc1csc2c(=O)n(CCNc3ccc(Cl)cc3)cnc12. The highest BCUT2D eigenvalue weighted by Gasteiger charge is 2.07. The van der Waals surface area contributed by atoms with E-state index in [4.69, 9.17) is 11.6 Å². The first kappa shape index (κ1) is 14.1. The van der Waals surface area contributed by atoms with Crippen molar-refractivity contribution < 1.29 is 0 Å². The maximum Gasteiger partial charge on any atom is 0.271 e. The van der Waals surface area contributed by atoms with Gasteiger partial charge < -0.3 is 5.32 Å². The molecular weight excluding hydrogens is 306 g/mol. The lowest BCUT2D eigenvalue weighted by Crippen LogP contribution is -2.23. The third-order valence-electron chi connectivity index (χ3n) is 3.25. The maximum atomic E-state index is 12.3. The molecule has 108 valence electrons. The van der Waals surface area contributed by atoms with Crippen LogP contribution >= 0.6 is 22.9 Å². The first-order valence-corrected chi connectivity index (χ1v) is 7.83. The van der Waals surface area contributed by atoms with Gasteiger partial charge in [-0.15, -0.1) is 11.3 Å². The van der Waals surface area contributed by atoms with Crippen molar-refractivity contribution in [1.29, 1.82) is 0 Å². The van der Waals surface area contributed by atoms with E-state index in [1.54, 1.807) is 10.9 Å². The normalized spacial score (nSPS) is 11.0. The third kappa shape index (κ3) is 2.94. The molecule has 0 amide bonds. The van der Waals surface area contributed by atoms with Crippen LogP contribution in [0.3, 0.4) is 0 Å². The lowest BCUT2D eigenvalue weighted by Gasteiger charge is -2.08. The Balaban J connectivity index is 1.72. The van der Waals surface area contributed by atoms with Crippen LogP contribution in [0.5, 0.6) is 0 Å². The maximum absolute atomic E-state index is 12.3. The van der Waals surface area contributed by atoms with Gasteiger partial charge in [-0.25, -0.2) is 4.98 Å². The summed E-state index contributed by atoms with van der Waals surface area (Å²) in [5, 5.41) is 5.93. The van der Waals surface area contributed by atoms with E-state index in [0.29, 0.717) is 18.1 Å². The summed E-state index contributed by atoms with van der Waals surface area (Å²) >= 11 is 7.29. The number of benzene rings is 1. The molecule has 0 saturated heterocycles. The Morgan fingerprint density at radius 1 is 1.33 bits per heavy atom. The van der Waals surface area contributed by atoms with Crippen molar-refractivity contribution in [2.24, 2.45) is 0 Å². The fourth-order valence-electron chi connectivity index (χ4n) is 2.11. The van der Waals surface area contributed by atoms with Gasteiger partial charge in [0.15, 0.2) is 0 Å². The Bertz CT molecular complexity index is 823. The lowest BCUT2D eigenvalue weighted by molar-refractivity contribution is 0.690. The average molecular weight is 320 g/mol. The van der Waals surface area contributed by atoms with Gasteiger partial charge in [0.2, 0.25) is 0 Å². The van der Waals surface area contributed by atoms with Crippen LogP contribution in [0.25, 0.3) is 10.2 Å². The number of aryl methyl sites for hydroxylation is 1. The second kappa shape index (κ2) is 5.87. The Morgan fingerprint density at radius 2 is 2.10 bits per heavy atom. The van der Waals surface area contributed by atoms with Crippen molar-refractivity contribution in [2.75, 3.05) is 11.9 Å². The summed E-state index contributed by atoms with van der Waals surface area (Å²) in [7, 11) is 0. The fraction of sp³-hybridized carbons (Fsp3) is 0.200. The summed E-state index contributed by atoms with van der Waals surface area (Å²) in [6.45, 7) is 3.19. The molecule has 1 aromatic carbocycles. The summed E-state index contributed by atoms with van der Waals surface area (Å²) in [6.07, 6.45) is 1.62. The van der Waals surface area contributed by atoms with Crippen LogP contribution in [-0.2, 0) is 6.54 Å². The van der Waals surface area contributed by atoms with E-state index in [1.165, 1.54) is 11.3 Å². The van der Waals surface area contributed by atoms with E-state index in [0.717, 1.165) is 21.5 Å². The van der Waals surface area contributed by atoms with E-state index in [9.17, 15) is 4.79 Å². The van der Waals surface area contributed by atoms with Crippen LogP contribution in [0.2, 0.25) is 5.02 Å². The van der Waals surface area contributed by atoms with Gasteiger partial charge in [-0.05, 0) is 42.1 Å². The smallest absolute Gasteiger partial charge is 0.271 e. The zero-order valence-corrected chi connectivity index (χ0v) is 13.0. The van der Waals surface area contributed by atoms with Crippen molar-refractivity contribution >= 4 is 38.8 Å². The number of hydrogen-bond acceptors (Lipinski definition) is 4. The zero-order valence-electron chi connectivity index (χ0n) is 11.5. The quantitative estimate of drug-likeness (QED) is 0.800. The molecule has 0 bridgehead atoms. The highest BCUT2D eigenvalue weighted by molar-refractivity contribution is 7.17. The molecule has 0 spiro atoms. The Kier molecular flexibility index (Phi) is 3.94. The lowest BCUT2D eigenvalue weighted by atomic mass is 10.3. The number of hydrogen-bond donors (Lipinski definition) is 1. The topological polar surface area (TPSA) is 46.9 Å². The molecular formula is C15H14ClN3OS. The van der Waals surface area contributed by atoms with Crippen molar-refractivity contribution in [3.8, 4) is 0 Å². The first-order valence-electron chi connectivity index (χ1n) is 6.58. The summed E-state index contributed by atoms with van der Waals surface area (Å²) in [5.74, 6) is 0. The van der Waals surface area contributed by atoms with E-state index < -0.39 is 0 Å². The minimum Gasteiger partial charge on any atom is -0.383 e. The number of nitrogens with zero attached hydrogens (tertiary/aromatic N) is 2. The van der Waals surface area contributed by atoms with Gasteiger partial charge in [0.05, 0.1) is 11.8 Å². The molecule has 0 fully saturated rings. The number of nitrogens with one attached hydrogen (secondary N) is 1. The van der Waals surface area contributed by atoms with Crippen molar-refractivity contribution in [3.63, 3.8) is 0 Å². The Hall–Kier alpha value is -1.85. The number of fused-ring (bicyclic) bond motifs is 1. The van der Waals surface area contributed by atoms with Crippen LogP contribution in [0.4, 0.5) is 5.69 Å². The van der Waals surface area contributed by atoms with Crippen molar-refractivity contribution in [3.05, 3.63) is 56.9 Å². The average Bonchev–Trinajstić information content (AvgIpc) is 2.86. The molecule has 0 aliphatic rings. The minimum atomic E-state index is 0.0241. The summed E-state index contributed by atoms with van der Waals surface area (Å²) in [6, 6.07) is 7.49. The van der Waals surface area contributed by atoms with Gasteiger partial charge in [-0.1, -0.05) is 11.6 Å². The number of anilines is 1. The molecule has 0 unspecified atom stereocenters. The molecule has 0 aliphatic heterocycles. The van der Waals surface area contributed by atoms with Crippen molar-refractivity contribution in [2.45, 2.75) is 13.5 Å². The fourth-order valence-corrected chi connectivity index (χ4v) is 3.18. The molecule has 1 N–H and O–H groups in total. The molecule has 3 aromatic rings. The number of halogens is 1. The van der Waals surface area contributed by atoms with Crippen molar-refractivity contribution in [1.82, 2.24) is 9.55 Å². The molecule has 6 heteroatoms. The van der Waals surface area contributed by atoms with Gasteiger partial charge in [0, 0.05) is 23.8 Å². The Labute approximate surface area is 131 Å². The zero-order chi connectivity index (χ0) is 14.8. The molecule has 2 aromatic heterocycles. The standard InChI is InChI=1S/C15H14ClN3OS/c1-10-8-21-14-13(10)18-9-19(15(14)20)7-6-17-12-4-2-11(16)3-5-12/h2-5,8-9,17H,6-7H2,1H3. The van der Waals surface area contributed by atoms with Gasteiger partial charge in [-0.3, -0.25) is 9.36 Å². The predicted octanol–water partition coefficient (Wildman–Crippen LogP) is 3.53. The highest BCUT2D eigenvalue weighted by Crippen LogP contribution is 2.19. The molecule has 0 saturated carbocycles. The van der Waals surface area contributed by atoms with E-state index in [-0.39, 0.29) is 5.56 Å². The van der Waals surface area contributed by atoms with Crippen LogP contribution in [0, 0.1) is 6.92 Å². The molecule has 21 heavy (non-hydrogen) atoms. The molecule has 3 rings (SSSR count). The molecule has 0 atom stereocenters. The van der Waals surface area contributed by atoms with Crippen LogP contribution in [0.15, 0.2) is 40.8 Å². The van der Waals surface area contributed by atoms with Crippen LogP contribution < -0.4 is 10.9 Å². The summed E-state index contributed by atoms with van der Waals surface area (Å²) in [5.41, 5.74) is 2.87. The van der Waals surface area contributed by atoms with E-state index >= 15 is 0 Å². The summed E-state index contributed by atoms with van der Waals surface area (Å²) < 4.78 is 2.36. The number of thiophene rings is 1. The number of aromatic nitrogens is 2. The van der Waals surface area contributed by atoms with Gasteiger partial charge in [0.1, 0.15) is 4.70 Å². The van der Waals surface area contributed by atoms with E-state index in [1.807, 2.05) is 36.6 Å². The van der Waals surface area contributed by atoms with E-state index in [2.05, 4.69) is 10.3 Å². The predicted molar refractivity (Wildman–Crippen MR) is 88.6 cm³/mol. The van der Waals surface area contributed by atoms with Gasteiger partial charge in [0.25, 0.3) is 5.56 Å². The van der Waals surface area contributed by atoms with Crippen LogP contribution in [0.1, 0.15) is 5.56 Å². The molecule has 4 nitrogen and oxygen atoms in total. The third-order valence-corrected chi connectivity index (χ3v) is 4.58. The first-order chi connectivity index (χ1) is 10.1. The van der Waals surface area contributed by atoms with Gasteiger partial charge >= 0.3 is 0 Å². The molecule has 0 aliphatic carbocycles. The Morgan fingerprint density at radius 3 is 2.86 bits per heavy atom.